The molecule has 0 aliphatic heterocycles. The van der Waals surface area contributed by atoms with Gasteiger partial charge in [0.25, 0.3) is 10.0 Å². The highest BCUT2D eigenvalue weighted by atomic mass is 79.9. The third-order valence-corrected chi connectivity index (χ3v) is 6.16. The minimum absolute atomic E-state index is 0.153. The van der Waals surface area contributed by atoms with Crippen molar-refractivity contribution in [2.75, 3.05) is 10.5 Å². The van der Waals surface area contributed by atoms with Crippen molar-refractivity contribution in [1.82, 2.24) is 4.98 Å². The summed E-state index contributed by atoms with van der Waals surface area (Å²) in [6.45, 7) is 3.60. The molecule has 1 heterocycles. The largest absolute Gasteiger partial charge is 0.375 e. The number of nitrogens with zero attached hydrogens (tertiary/aromatic N) is 1. The second kappa shape index (κ2) is 5.71. The van der Waals surface area contributed by atoms with Gasteiger partial charge in [-0.2, -0.15) is 0 Å². The molecule has 0 radical (unpaired) electrons. The number of nitrogen functional groups attached to an aromatic ring is 1. The van der Waals surface area contributed by atoms with Gasteiger partial charge in [0, 0.05) is 4.47 Å². The topological polar surface area (TPSA) is 85.1 Å². The zero-order chi connectivity index (χ0) is 14.9. The van der Waals surface area contributed by atoms with Crippen LogP contribution in [0.4, 0.5) is 10.8 Å². The summed E-state index contributed by atoms with van der Waals surface area (Å²) < 4.78 is 28.4. The molecule has 0 aliphatic rings. The maximum Gasteiger partial charge on any atom is 0.273 e. The van der Waals surface area contributed by atoms with Gasteiger partial charge in [0.1, 0.15) is 0 Å². The predicted octanol–water partition coefficient (Wildman–Crippen LogP) is 3.16. The first-order valence-corrected chi connectivity index (χ1v) is 8.97. The van der Waals surface area contributed by atoms with Crippen molar-refractivity contribution in [2.24, 2.45) is 0 Å². The van der Waals surface area contributed by atoms with E-state index in [1.807, 2.05) is 13.0 Å². The summed E-state index contributed by atoms with van der Waals surface area (Å²) in [6, 6.07) is 5.43. The number of sulfonamides is 1. The lowest BCUT2D eigenvalue weighted by Crippen LogP contribution is -2.14. The molecular formula is C12H14BrN3O2S2. The molecule has 0 aliphatic carbocycles. The van der Waals surface area contributed by atoms with Crippen LogP contribution in [0.25, 0.3) is 0 Å². The number of aromatic nitrogens is 1. The molecule has 8 heteroatoms. The Balaban J connectivity index is 2.41. The number of nitrogens with two attached hydrogens (primary N) is 1. The highest BCUT2D eigenvalue weighted by Gasteiger charge is 2.22. The second-order valence-electron chi connectivity index (χ2n) is 4.19. The Hall–Kier alpha value is -1.12. The first kappa shape index (κ1) is 15.3. The van der Waals surface area contributed by atoms with E-state index in [-0.39, 0.29) is 9.34 Å². The van der Waals surface area contributed by atoms with Gasteiger partial charge in [-0.25, -0.2) is 13.4 Å². The zero-order valence-corrected chi connectivity index (χ0v) is 14.2. The van der Waals surface area contributed by atoms with Crippen LogP contribution in [0.3, 0.4) is 0 Å². The van der Waals surface area contributed by atoms with Gasteiger partial charge in [-0.05, 0) is 37.1 Å². The van der Waals surface area contributed by atoms with E-state index in [4.69, 9.17) is 5.73 Å². The lowest BCUT2D eigenvalue weighted by atomic mass is 10.1. The van der Waals surface area contributed by atoms with E-state index in [0.29, 0.717) is 11.4 Å². The Morgan fingerprint density at radius 2 is 2.15 bits per heavy atom. The molecular weight excluding hydrogens is 362 g/mol. The van der Waals surface area contributed by atoms with Crippen LogP contribution in [0, 0.1) is 6.92 Å². The molecule has 0 saturated carbocycles. The average molecular weight is 376 g/mol. The number of hydrogen-bond acceptors (Lipinski definition) is 5. The van der Waals surface area contributed by atoms with Crippen molar-refractivity contribution in [3.05, 3.63) is 33.9 Å². The smallest absolute Gasteiger partial charge is 0.273 e. The highest BCUT2D eigenvalue weighted by molar-refractivity contribution is 9.10. The van der Waals surface area contributed by atoms with Crippen LogP contribution >= 0.6 is 27.3 Å². The Morgan fingerprint density at radius 1 is 1.45 bits per heavy atom. The van der Waals surface area contributed by atoms with Gasteiger partial charge in [0.15, 0.2) is 9.34 Å². The molecule has 0 unspecified atom stereocenters. The molecule has 1 aromatic carbocycles. The molecule has 108 valence electrons. The van der Waals surface area contributed by atoms with Crippen molar-refractivity contribution in [1.29, 1.82) is 0 Å². The lowest BCUT2D eigenvalue weighted by molar-refractivity contribution is 0.602. The number of thiazole rings is 1. The van der Waals surface area contributed by atoms with Crippen LogP contribution < -0.4 is 10.5 Å². The Morgan fingerprint density at radius 3 is 2.70 bits per heavy atom. The number of aryl methyl sites for hydroxylation is 2. The van der Waals surface area contributed by atoms with E-state index in [2.05, 4.69) is 25.6 Å². The van der Waals surface area contributed by atoms with Crippen LogP contribution in [0.1, 0.15) is 18.2 Å². The van der Waals surface area contributed by atoms with E-state index >= 15 is 0 Å². The number of rotatable bonds is 4. The fraction of sp³-hybridized carbons (Fsp3) is 0.250. The van der Waals surface area contributed by atoms with Crippen LogP contribution in [0.2, 0.25) is 0 Å². The number of halogens is 1. The molecule has 5 nitrogen and oxygen atoms in total. The SMILES string of the molecule is CCc1cc(Br)ccc1NS(=O)(=O)c1sc(N)nc1C. The maximum atomic E-state index is 12.4. The number of anilines is 2. The minimum atomic E-state index is -3.66. The molecule has 3 N–H and O–H groups in total. The third kappa shape index (κ3) is 3.13. The molecule has 0 atom stereocenters. The van der Waals surface area contributed by atoms with E-state index in [1.165, 1.54) is 0 Å². The van der Waals surface area contributed by atoms with Gasteiger partial charge >= 0.3 is 0 Å². The van der Waals surface area contributed by atoms with E-state index in [0.717, 1.165) is 27.8 Å². The standard InChI is InChI=1S/C12H14BrN3O2S2/c1-3-8-6-9(13)4-5-10(8)16-20(17,18)11-7(2)15-12(14)19-11/h4-6,16H,3H2,1-2H3,(H2,14,15). The van der Waals surface area contributed by atoms with Crippen molar-refractivity contribution >= 4 is 48.1 Å². The summed E-state index contributed by atoms with van der Waals surface area (Å²) in [6.07, 6.45) is 0.723. The van der Waals surface area contributed by atoms with Gasteiger partial charge in [-0.1, -0.05) is 34.2 Å². The molecule has 1 aromatic heterocycles. The van der Waals surface area contributed by atoms with Gasteiger partial charge in [-0.3, -0.25) is 4.72 Å². The van der Waals surface area contributed by atoms with Crippen molar-refractivity contribution in [3.8, 4) is 0 Å². The number of benzene rings is 1. The van der Waals surface area contributed by atoms with E-state index < -0.39 is 10.0 Å². The molecule has 0 saturated heterocycles. The van der Waals surface area contributed by atoms with Crippen LogP contribution in [0.5, 0.6) is 0 Å². The van der Waals surface area contributed by atoms with Crippen LogP contribution in [0.15, 0.2) is 26.9 Å². The third-order valence-electron chi connectivity index (χ3n) is 2.71. The fourth-order valence-electron chi connectivity index (χ4n) is 1.80. The van der Waals surface area contributed by atoms with Gasteiger partial charge in [0.2, 0.25) is 0 Å². The molecule has 2 rings (SSSR count). The summed E-state index contributed by atoms with van der Waals surface area (Å²) >= 11 is 4.34. The Kier molecular flexibility index (Phi) is 4.36. The number of hydrogen-bond donors (Lipinski definition) is 2. The molecule has 0 fully saturated rings. The van der Waals surface area contributed by atoms with Crippen molar-refractivity contribution in [3.63, 3.8) is 0 Å². The molecule has 20 heavy (non-hydrogen) atoms. The molecule has 2 aromatic rings. The summed E-state index contributed by atoms with van der Waals surface area (Å²) in [5.74, 6) is 0. The van der Waals surface area contributed by atoms with Crippen LogP contribution in [-0.4, -0.2) is 13.4 Å². The zero-order valence-electron chi connectivity index (χ0n) is 11.0. The van der Waals surface area contributed by atoms with E-state index in [9.17, 15) is 8.42 Å². The quantitative estimate of drug-likeness (QED) is 0.859. The normalized spacial score (nSPS) is 11.6. The summed E-state index contributed by atoms with van der Waals surface area (Å²) in [4.78, 5) is 3.95. The minimum Gasteiger partial charge on any atom is -0.375 e. The first-order valence-electron chi connectivity index (χ1n) is 5.87. The second-order valence-corrected chi connectivity index (χ2v) is 8.01. The summed E-state index contributed by atoms with van der Waals surface area (Å²) in [5.41, 5.74) is 7.45. The maximum absolute atomic E-state index is 12.4. The first-order chi connectivity index (χ1) is 9.33. The van der Waals surface area contributed by atoms with Crippen LogP contribution in [-0.2, 0) is 16.4 Å². The Labute approximate surface area is 130 Å². The number of nitrogens with one attached hydrogen (secondary N) is 1. The summed E-state index contributed by atoms with van der Waals surface area (Å²) in [5, 5.41) is 0.245. The monoisotopic (exact) mass is 375 g/mol. The fourth-order valence-corrected chi connectivity index (χ4v) is 4.61. The predicted molar refractivity (Wildman–Crippen MR) is 85.6 cm³/mol. The van der Waals surface area contributed by atoms with Crippen molar-refractivity contribution < 1.29 is 8.42 Å². The molecule has 0 spiro atoms. The molecule has 0 amide bonds. The lowest BCUT2D eigenvalue weighted by Gasteiger charge is -2.11. The van der Waals surface area contributed by atoms with E-state index in [1.54, 1.807) is 19.1 Å². The summed E-state index contributed by atoms with van der Waals surface area (Å²) in [7, 11) is -3.66. The van der Waals surface area contributed by atoms with Crippen molar-refractivity contribution in [2.45, 2.75) is 24.5 Å². The van der Waals surface area contributed by atoms with Gasteiger partial charge < -0.3 is 5.73 Å². The Bertz CT molecular complexity index is 741. The molecule has 0 bridgehead atoms. The van der Waals surface area contributed by atoms with Gasteiger partial charge in [-0.15, -0.1) is 0 Å². The average Bonchev–Trinajstić information content (AvgIpc) is 2.71. The highest BCUT2D eigenvalue weighted by Crippen LogP contribution is 2.29. The van der Waals surface area contributed by atoms with Gasteiger partial charge in [0.05, 0.1) is 11.4 Å².